The molecule has 0 N–H and O–H groups in total. The highest BCUT2D eigenvalue weighted by molar-refractivity contribution is 6.05. The van der Waals surface area contributed by atoms with Crippen LogP contribution < -0.4 is 0 Å². The lowest BCUT2D eigenvalue weighted by Crippen LogP contribution is -1.92. The van der Waals surface area contributed by atoms with Crippen LogP contribution in [0.5, 0.6) is 0 Å². The third kappa shape index (κ3) is 2.53. The lowest BCUT2D eigenvalue weighted by molar-refractivity contribution is 0.911. The summed E-state index contributed by atoms with van der Waals surface area (Å²) in [5, 5.41) is 2.51. The molecule has 0 fully saturated rings. The summed E-state index contributed by atoms with van der Waals surface area (Å²) in [7, 11) is 2.13. The summed E-state index contributed by atoms with van der Waals surface area (Å²) in [6, 6.07) is 27.8. The van der Waals surface area contributed by atoms with E-state index in [1.54, 1.807) is 0 Å². The van der Waals surface area contributed by atoms with Gasteiger partial charge >= 0.3 is 0 Å². The first-order valence-electron chi connectivity index (χ1n) is 9.65. The van der Waals surface area contributed by atoms with E-state index in [-0.39, 0.29) is 0 Å². The van der Waals surface area contributed by atoms with Gasteiger partial charge in [0.2, 0.25) is 0 Å². The normalized spacial score (nSPS) is 11.4. The Kier molecular flexibility index (Phi) is 3.80. The predicted octanol–water partition coefficient (Wildman–Crippen LogP) is 6.68. The molecule has 0 bridgehead atoms. The van der Waals surface area contributed by atoms with E-state index in [2.05, 4.69) is 98.3 Å². The molecule has 2 aromatic heterocycles. The molecule has 0 atom stereocenters. The summed E-state index contributed by atoms with van der Waals surface area (Å²) in [6.07, 6.45) is 0. The van der Waals surface area contributed by atoms with Gasteiger partial charge in [0.15, 0.2) is 0 Å². The summed E-state index contributed by atoms with van der Waals surface area (Å²) in [4.78, 5) is 5.05. The molecule has 0 aliphatic rings. The smallest absolute Gasteiger partial charge is 0.0736 e. The molecule has 0 spiro atoms. The van der Waals surface area contributed by atoms with Gasteiger partial charge in [-0.05, 0) is 48.7 Å². The minimum absolute atomic E-state index is 1.01. The van der Waals surface area contributed by atoms with Gasteiger partial charge in [-0.1, -0.05) is 60.7 Å². The van der Waals surface area contributed by atoms with Crippen LogP contribution in [0.1, 0.15) is 11.3 Å². The summed E-state index contributed by atoms with van der Waals surface area (Å²) in [6.45, 7) is 4.39. The van der Waals surface area contributed by atoms with Crippen molar-refractivity contribution >= 4 is 21.8 Å². The van der Waals surface area contributed by atoms with Crippen molar-refractivity contribution in [2.24, 2.45) is 7.05 Å². The second-order valence-corrected chi connectivity index (χ2v) is 7.44. The van der Waals surface area contributed by atoms with E-state index in [1.165, 1.54) is 38.7 Å². The summed E-state index contributed by atoms with van der Waals surface area (Å²) in [5.74, 6) is 0. The van der Waals surface area contributed by atoms with Gasteiger partial charge in [0.05, 0.1) is 16.7 Å². The third-order valence-corrected chi connectivity index (χ3v) is 5.89. The molecule has 0 amide bonds. The van der Waals surface area contributed by atoms with Gasteiger partial charge in [0.1, 0.15) is 0 Å². The Bertz CT molecular complexity index is 1310. The molecule has 2 heteroatoms. The molecule has 5 aromatic rings. The Hall–Kier alpha value is -3.39. The van der Waals surface area contributed by atoms with E-state index in [4.69, 9.17) is 4.98 Å². The largest absolute Gasteiger partial charge is 0.348 e. The summed E-state index contributed by atoms with van der Waals surface area (Å²) in [5.41, 5.74) is 9.51. The minimum Gasteiger partial charge on any atom is -0.348 e. The van der Waals surface area contributed by atoms with Crippen LogP contribution in [0.15, 0.2) is 78.9 Å². The first-order chi connectivity index (χ1) is 13.6. The second-order valence-electron chi connectivity index (χ2n) is 7.44. The van der Waals surface area contributed by atoms with Crippen LogP contribution >= 0.6 is 0 Å². The topological polar surface area (TPSA) is 17.8 Å². The van der Waals surface area contributed by atoms with Crippen LogP contribution in [0.2, 0.25) is 0 Å². The van der Waals surface area contributed by atoms with E-state index in [1.807, 2.05) is 6.07 Å². The van der Waals surface area contributed by atoms with Gasteiger partial charge in [0, 0.05) is 29.1 Å². The summed E-state index contributed by atoms with van der Waals surface area (Å²) >= 11 is 0. The zero-order valence-electron chi connectivity index (χ0n) is 16.4. The maximum Gasteiger partial charge on any atom is 0.0736 e. The number of pyridine rings is 1. The van der Waals surface area contributed by atoms with Gasteiger partial charge in [-0.2, -0.15) is 0 Å². The Morgan fingerprint density at radius 2 is 1.36 bits per heavy atom. The number of hydrogen-bond acceptors (Lipinski definition) is 1. The van der Waals surface area contributed by atoms with Gasteiger partial charge < -0.3 is 4.57 Å². The molecule has 0 saturated carbocycles. The van der Waals surface area contributed by atoms with Crippen molar-refractivity contribution in [1.29, 1.82) is 0 Å². The zero-order chi connectivity index (χ0) is 19.3. The molecule has 0 aliphatic heterocycles. The predicted molar refractivity (Wildman–Crippen MR) is 119 cm³/mol. The first-order valence-corrected chi connectivity index (χ1v) is 9.65. The maximum absolute atomic E-state index is 5.05. The first kappa shape index (κ1) is 16.8. The highest BCUT2D eigenvalue weighted by atomic mass is 14.9. The van der Waals surface area contributed by atoms with E-state index in [9.17, 15) is 0 Å². The molecule has 2 nitrogen and oxygen atoms in total. The van der Waals surface area contributed by atoms with Crippen LogP contribution in [0.4, 0.5) is 0 Å². The van der Waals surface area contributed by atoms with Crippen LogP contribution in [-0.4, -0.2) is 9.55 Å². The molecule has 2 heterocycles. The van der Waals surface area contributed by atoms with E-state index in [0.717, 1.165) is 16.8 Å². The van der Waals surface area contributed by atoms with E-state index >= 15 is 0 Å². The lowest BCUT2D eigenvalue weighted by Gasteiger charge is -2.11. The quantitative estimate of drug-likeness (QED) is 0.342. The zero-order valence-corrected chi connectivity index (χ0v) is 16.4. The van der Waals surface area contributed by atoms with Crippen LogP contribution in [0.25, 0.3) is 44.2 Å². The SMILES string of the molecule is Cc1c(C)n(C)c2cc3nc(-c4ccccc4)cc(-c4ccccc4)c3cc12. The number of nitrogens with zero attached hydrogens (tertiary/aromatic N) is 2. The van der Waals surface area contributed by atoms with Crippen molar-refractivity contribution in [3.8, 4) is 22.4 Å². The molecule has 3 aromatic carbocycles. The Balaban J connectivity index is 1.91. The summed E-state index contributed by atoms with van der Waals surface area (Å²) < 4.78 is 2.27. The number of aromatic nitrogens is 2. The van der Waals surface area contributed by atoms with Crippen molar-refractivity contribution in [3.05, 3.63) is 90.1 Å². The van der Waals surface area contributed by atoms with Gasteiger partial charge in [0.25, 0.3) is 0 Å². The fourth-order valence-corrected chi connectivity index (χ4v) is 4.08. The second kappa shape index (κ2) is 6.35. The molecule has 0 unspecified atom stereocenters. The molecular formula is C26H22N2. The molecular weight excluding hydrogens is 340 g/mol. The maximum atomic E-state index is 5.05. The van der Waals surface area contributed by atoms with Crippen LogP contribution in [-0.2, 0) is 7.05 Å². The average molecular weight is 362 g/mol. The Morgan fingerprint density at radius 3 is 2.04 bits per heavy atom. The molecule has 136 valence electrons. The van der Waals surface area contributed by atoms with Gasteiger partial charge in [-0.3, -0.25) is 0 Å². The van der Waals surface area contributed by atoms with Crippen molar-refractivity contribution in [2.75, 3.05) is 0 Å². The number of benzene rings is 3. The Labute approximate surface area is 165 Å². The van der Waals surface area contributed by atoms with Crippen molar-refractivity contribution in [2.45, 2.75) is 13.8 Å². The monoisotopic (exact) mass is 362 g/mol. The van der Waals surface area contributed by atoms with Crippen LogP contribution in [0.3, 0.4) is 0 Å². The Morgan fingerprint density at radius 1 is 0.714 bits per heavy atom. The third-order valence-electron chi connectivity index (χ3n) is 5.89. The van der Waals surface area contributed by atoms with Crippen molar-refractivity contribution in [1.82, 2.24) is 9.55 Å². The molecule has 0 radical (unpaired) electrons. The van der Waals surface area contributed by atoms with Crippen molar-refractivity contribution < 1.29 is 0 Å². The fraction of sp³-hybridized carbons (Fsp3) is 0.115. The molecule has 28 heavy (non-hydrogen) atoms. The number of aryl methyl sites for hydroxylation is 2. The standard InChI is InChI=1S/C26H22N2/c1-17-18(2)28(3)26-16-25-23(14-21(17)26)22(19-10-6-4-7-11-19)15-24(27-25)20-12-8-5-9-13-20/h4-16H,1-3H3. The molecule has 5 rings (SSSR count). The van der Waals surface area contributed by atoms with Gasteiger partial charge in [-0.25, -0.2) is 4.98 Å². The molecule has 0 aliphatic carbocycles. The van der Waals surface area contributed by atoms with Crippen LogP contribution in [0, 0.1) is 13.8 Å². The lowest BCUT2D eigenvalue weighted by atomic mass is 9.97. The fourth-order valence-electron chi connectivity index (χ4n) is 4.08. The molecule has 0 saturated heterocycles. The number of hydrogen-bond donors (Lipinski definition) is 0. The van der Waals surface area contributed by atoms with E-state index in [0.29, 0.717) is 0 Å². The highest BCUT2D eigenvalue weighted by Gasteiger charge is 2.14. The number of fused-ring (bicyclic) bond motifs is 2. The number of rotatable bonds is 2. The van der Waals surface area contributed by atoms with Crippen molar-refractivity contribution in [3.63, 3.8) is 0 Å². The average Bonchev–Trinajstić information content (AvgIpc) is 2.96. The minimum atomic E-state index is 1.01. The highest BCUT2D eigenvalue weighted by Crippen LogP contribution is 2.36. The van der Waals surface area contributed by atoms with Gasteiger partial charge in [-0.15, -0.1) is 0 Å². The van der Waals surface area contributed by atoms with E-state index < -0.39 is 0 Å².